The van der Waals surface area contributed by atoms with Crippen LogP contribution in [0.15, 0.2) is 0 Å². The van der Waals surface area contributed by atoms with Gasteiger partial charge in [0.05, 0.1) is 0 Å². The van der Waals surface area contributed by atoms with Crippen LogP contribution in [0.4, 0.5) is 0 Å². The normalized spacial score (nSPS) is 48.5. The van der Waals surface area contributed by atoms with Gasteiger partial charge in [-0.05, 0) is 25.2 Å². The second kappa shape index (κ2) is 5.45. The van der Waals surface area contributed by atoms with E-state index >= 15 is 0 Å². The van der Waals surface area contributed by atoms with Gasteiger partial charge < -0.3 is 30.1 Å². The molecule has 0 amide bonds. The number of aliphatic hydroxyl groups is 5. The Morgan fingerprint density at radius 2 is 1.12 bits per heavy atom. The fourth-order valence-electron chi connectivity index (χ4n) is 2.29. The van der Waals surface area contributed by atoms with Crippen LogP contribution in [-0.2, 0) is 4.52 Å². The molecule has 1 aliphatic carbocycles. The van der Waals surface area contributed by atoms with Crippen molar-refractivity contribution in [2.75, 3.05) is 12.3 Å². The maximum Gasteiger partial charge on any atom is 0.119 e. The van der Waals surface area contributed by atoms with Crippen LogP contribution in [0.3, 0.4) is 0 Å². The molecule has 0 aromatic heterocycles. The van der Waals surface area contributed by atoms with Crippen LogP contribution in [0.1, 0.15) is 12.8 Å². The molecule has 17 heavy (non-hydrogen) atoms. The minimum atomic E-state index is -1.55. The lowest BCUT2D eigenvalue weighted by molar-refractivity contribution is -0.215. The van der Waals surface area contributed by atoms with Crippen molar-refractivity contribution in [1.29, 1.82) is 0 Å². The lowest BCUT2D eigenvalue weighted by Crippen LogP contribution is -2.64. The fourth-order valence-corrected chi connectivity index (χ4v) is 4.47. The third-order valence-electron chi connectivity index (χ3n) is 3.41. The second-order valence-electron chi connectivity index (χ2n) is 4.66. The summed E-state index contributed by atoms with van der Waals surface area (Å²) in [6.07, 6.45) is -4.31. The molecule has 2 fully saturated rings. The lowest BCUT2D eigenvalue weighted by atomic mass is 9.85. The van der Waals surface area contributed by atoms with Gasteiger partial charge in [0.2, 0.25) is 0 Å². The first kappa shape index (κ1) is 13.6. The highest BCUT2D eigenvalue weighted by atomic mass is 31.1. The molecule has 0 aromatic carbocycles. The topological polar surface area (TPSA) is 110 Å². The molecule has 0 aromatic rings. The molecule has 7 heteroatoms. The summed E-state index contributed by atoms with van der Waals surface area (Å²) in [6.45, 7) is 0. The third kappa shape index (κ3) is 2.63. The molecule has 0 radical (unpaired) electrons. The van der Waals surface area contributed by atoms with Crippen LogP contribution in [0.25, 0.3) is 0 Å². The van der Waals surface area contributed by atoms with Gasteiger partial charge in [-0.15, -0.1) is 0 Å². The average molecular weight is 266 g/mol. The van der Waals surface area contributed by atoms with Crippen molar-refractivity contribution in [3.63, 3.8) is 0 Å². The zero-order chi connectivity index (χ0) is 12.6. The SMILES string of the molecule is OC1C(O)C(O)C(OP2CCCC2)C(O)C1O. The first-order valence-corrected chi connectivity index (χ1v) is 7.47. The first-order chi connectivity index (χ1) is 8.02. The summed E-state index contributed by atoms with van der Waals surface area (Å²) in [4.78, 5) is 0. The van der Waals surface area contributed by atoms with Crippen molar-refractivity contribution in [1.82, 2.24) is 0 Å². The van der Waals surface area contributed by atoms with E-state index in [1.807, 2.05) is 0 Å². The van der Waals surface area contributed by atoms with Crippen molar-refractivity contribution in [3.05, 3.63) is 0 Å². The number of hydrogen-bond acceptors (Lipinski definition) is 6. The third-order valence-corrected chi connectivity index (χ3v) is 5.58. The minimum Gasteiger partial charge on any atom is -0.387 e. The summed E-state index contributed by atoms with van der Waals surface area (Å²) in [5.74, 6) is 0. The second-order valence-corrected chi connectivity index (χ2v) is 6.73. The molecule has 2 rings (SSSR count). The van der Waals surface area contributed by atoms with Crippen molar-refractivity contribution in [2.24, 2.45) is 0 Å². The monoisotopic (exact) mass is 266 g/mol. The van der Waals surface area contributed by atoms with E-state index in [0.717, 1.165) is 25.2 Å². The Labute approximate surface area is 101 Å². The van der Waals surface area contributed by atoms with Gasteiger partial charge in [-0.25, -0.2) is 0 Å². The molecule has 1 saturated heterocycles. The van der Waals surface area contributed by atoms with Crippen molar-refractivity contribution in [3.8, 4) is 0 Å². The number of hydrogen-bond donors (Lipinski definition) is 5. The predicted molar refractivity (Wildman–Crippen MR) is 60.8 cm³/mol. The highest BCUT2D eigenvalue weighted by Gasteiger charge is 2.49. The van der Waals surface area contributed by atoms with Gasteiger partial charge in [-0.3, -0.25) is 0 Å². The fraction of sp³-hybridized carbons (Fsp3) is 1.00. The van der Waals surface area contributed by atoms with Crippen LogP contribution in [-0.4, -0.2) is 74.5 Å². The Morgan fingerprint density at radius 1 is 0.706 bits per heavy atom. The molecular formula is C10H19O6P. The van der Waals surface area contributed by atoms with Gasteiger partial charge in [0.1, 0.15) is 36.6 Å². The zero-order valence-corrected chi connectivity index (χ0v) is 10.3. The van der Waals surface area contributed by atoms with Crippen LogP contribution in [0.2, 0.25) is 0 Å². The summed E-state index contributed by atoms with van der Waals surface area (Å²) < 4.78 is 5.60. The molecule has 1 heterocycles. The summed E-state index contributed by atoms with van der Waals surface area (Å²) in [6, 6.07) is 0. The standard InChI is InChI=1S/C10H19O6P/c11-5-6(12)8(14)10(9(15)7(5)13)16-17-3-1-2-4-17/h5-15H,1-4H2. The van der Waals surface area contributed by atoms with E-state index in [4.69, 9.17) is 4.52 Å². The van der Waals surface area contributed by atoms with E-state index < -0.39 is 44.8 Å². The van der Waals surface area contributed by atoms with Crippen LogP contribution in [0.5, 0.6) is 0 Å². The summed E-state index contributed by atoms with van der Waals surface area (Å²) in [5, 5.41) is 48.0. The van der Waals surface area contributed by atoms with E-state index in [9.17, 15) is 25.5 Å². The maximum absolute atomic E-state index is 9.76. The van der Waals surface area contributed by atoms with Gasteiger partial charge in [0, 0.05) is 8.15 Å². The van der Waals surface area contributed by atoms with Gasteiger partial charge in [0.15, 0.2) is 0 Å². The van der Waals surface area contributed by atoms with E-state index in [1.165, 1.54) is 0 Å². The summed E-state index contributed by atoms with van der Waals surface area (Å²) >= 11 is 0. The highest BCUT2D eigenvalue weighted by Crippen LogP contribution is 2.47. The van der Waals surface area contributed by atoms with Crippen molar-refractivity contribution < 1.29 is 30.1 Å². The molecule has 1 aliphatic heterocycles. The Bertz CT molecular complexity index is 243. The Kier molecular flexibility index (Phi) is 4.36. The number of aliphatic hydroxyl groups excluding tert-OH is 5. The summed E-state index contributed by atoms with van der Waals surface area (Å²) in [5.41, 5.74) is 0. The van der Waals surface area contributed by atoms with Gasteiger partial charge in [0.25, 0.3) is 0 Å². The molecule has 4 unspecified atom stereocenters. The maximum atomic E-state index is 9.76. The zero-order valence-electron chi connectivity index (χ0n) is 9.38. The van der Waals surface area contributed by atoms with Crippen LogP contribution >= 0.6 is 8.15 Å². The molecule has 100 valence electrons. The molecule has 1 saturated carbocycles. The molecule has 6 nitrogen and oxygen atoms in total. The van der Waals surface area contributed by atoms with E-state index in [0.29, 0.717) is 0 Å². The molecule has 0 bridgehead atoms. The van der Waals surface area contributed by atoms with Gasteiger partial charge in [-0.2, -0.15) is 0 Å². The van der Waals surface area contributed by atoms with E-state index in [-0.39, 0.29) is 0 Å². The van der Waals surface area contributed by atoms with Gasteiger partial charge in [-0.1, -0.05) is 0 Å². The predicted octanol–water partition coefficient (Wildman–Crippen LogP) is -1.62. The van der Waals surface area contributed by atoms with Gasteiger partial charge >= 0.3 is 0 Å². The Hall–Kier alpha value is 0.190. The Balaban J connectivity index is 2.03. The lowest BCUT2D eigenvalue weighted by Gasteiger charge is -2.42. The smallest absolute Gasteiger partial charge is 0.119 e. The molecule has 4 atom stereocenters. The van der Waals surface area contributed by atoms with Crippen molar-refractivity contribution in [2.45, 2.75) is 49.5 Å². The molecule has 5 N–H and O–H groups in total. The quantitative estimate of drug-likeness (QED) is 0.384. The minimum absolute atomic E-state index is 0.697. The number of rotatable bonds is 2. The summed E-state index contributed by atoms with van der Waals surface area (Å²) in [7, 11) is -0.697. The van der Waals surface area contributed by atoms with Crippen LogP contribution < -0.4 is 0 Å². The largest absolute Gasteiger partial charge is 0.387 e. The van der Waals surface area contributed by atoms with E-state index in [1.54, 1.807) is 0 Å². The van der Waals surface area contributed by atoms with Crippen LogP contribution in [0, 0.1) is 0 Å². The molecule has 2 aliphatic rings. The van der Waals surface area contributed by atoms with E-state index in [2.05, 4.69) is 0 Å². The van der Waals surface area contributed by atoms with Crippen molar-refractivity contribution >= 4 is 8.15 Å². The highest BCUT2D eigenvalue weighted by molar-refractivity contribution is 7.52. The first-order valence-electron chi connectivity index (χ1n) is 5.84. The Morgan fingerprint density at radius 3 is 1.59 bits per heavy atom. The molecule has 0 spiro atoms. The average Bonchev–Trinajstić information content (AvgIpc) is 2.82. The molecular weight excluding hydrogens is 247 g/mol.